The van der Waals surface area contributed by atoms with Crippen molar-refractivity contribution in [2.75, 3.05) is 13.7 Å². The Bertz CT molecular complexity index is 880. The molecule has 4 rings (SSSR count). The van der Waals surface area contributed by atoms with E-state index in [2.05, 4.69) is 32.7 Å². The number of hydrogen-bond donors (Lipinski definition) is 1. The van der Waals surface area contributed by atoms with E-state index in [1.54, 1.807) is 18.0 Å². The van der Waals surface area contributed by atoms with Crippen LogP contribution >= 0.6 is 39.3 Å². The number of aromatic nitrogens is 1. The minimum absolute atomic E-state index is 0.0671. The van der Waals surface area contributed by atoms with Gasteiger partial charge in [-0.1, -0.05) is 36.4 Å². The lowest BCUT2D eigenvalue weighted by atomic mass is 9.96. The molecule has 1 saturated heterocycles. The molecule has 1 aromatic carbocycles. The maximum Gasteiger partial charge on any atom is 0.177 e. The highest BCUT2D eigenvalue weighted by atomic mass is 79.9. The largest absolute Gasteiger partial charge is 0.503 e. The van der Waals surface area contributed by atoms with Gasteiger partial charge in [0.1, 0.15) is 11.1 Å². The van der Waals surface area contributed by atoms with Crippen LogP contribution < -0.4 is 4.74 Å². The van der Waals surface area contributed by atoms with E-state index in [9.17, 15) is 5.11 Å². The number of thioether (sulfide) groups is 1. The molecule has 2 aromatic rings. The highest BCUT2D eigenvalue weighted by Gasteiger charge is 2.44. The summed E-state index contributed by atoms with van der Waals surface area (Å²) in [7, 11) is 1.52. The summed E-state index contributed by atoms with van der Waals surface area (Å²) in [6.45, 7) is 3.09. The van der Waals surface area contributed by atoms with E-state index in [0.717, 1.165) is 23.0 Å². The van der Waals surface area contributed by atoms with Crippen LogP contribution in [-0.2, 0) is 0 Å². The lowest BCUT2D eigenvalue weighted by Gasteiger charge is -2.29. The van der Waals surface area contributed by atoms with Crippen LogP contribution in [0.25, 0.3) is 0 Å². The number of benzene rings is 1. The summed E-state index contributed by atoms with van der Waals surface area (Å²) in [6, 6.07) is 7.47. The Morgan fingerprint density at radius 1 is 1.42 bits per heavy atom. The molecule has 136 valence electrons. The Morgan fingerprint density at radius 3 is 2.92 bits per heavy atom. The van der Waals surface area contributed by atoms with Crippen molar-refractivity contribution in [1.82, 2.24) is 9.88 Å². The minimum atomic E-state index is -0.146. The standard InChI is InChI=1S/C18H17BrClN3O2S/c1-9-8-23-16(10-7-12(25-2)17(24)14(20)13(10)19)15(22-18(23)26-9)11-5-3-4-6-21-11/h3-7,9,15-16,24H,8H2,1-2H3/t9-,15+,16+/m0/s1. The van der Waals surface area contributed by atoms with E-state index in [1.165, 1.54) is 7.11 Å². The van der Waals surface area contributed by atoms with Gasteiger partial charge in [-0.15, -0.1) is 0 Å². The first kappa shape index (κ1) is 17.9. The van der Waals surface area contributed by atoms with E-state index in [1.807, 2.05) is 24.3 Å². The number of pyridine rings is 1. The van der Waals surface area contributed by atoms with Crippen LogP contribution in [0.15, 0.2) is 39.9 Å². The zero-order chi connectivity index (χ0) is 18.4. The third-order valence-electron chi connectivity index (χ3n) is 4.59. The van der Waals surface area contributed by atoms with Crippen molar-refractivity contribution in [3.8, 4) is 11.5 Å². The highest BCUT2D eigenvalue weighted by molar-refractivity contribution is 9.10. The number of halogens is 2. The second-order valence-electron chi connectivity index (χ2n) is 6.28. The van der Waals surface area contributed by atoms with Gasteiger partial charge in [-0.05, 0) is 39.7 Å². The normalized spacial score (nSPS) is 24.5. The van der Waals surface area contributed by atoms with Gasteiger partial charge < -0.3 is 14.7 Å². The van der Waals surface area contributed by atoms with E-state index >= 15 is 0 Å². The molecule has 1 N–H and O–H groups in total. The van der Waals surface area contributed by atoms with Gasteiger partial charge in [-0.3, -0.25) is 9.98 Å². The lowest BCUT2D eigenvalue weighted by molar-refractivity contribution is 0.317. The van der Waals surface area contributed by atoms with Gasteiger partial charge in [-0.2, -0.15) is 0 Å². The molecule has 8 heteroatoms. The van der Waals surface area contributed by atoms with Gasteiger partial charge in [0.25, 0.3) is 0 Å². The smallest absolute Gasteiger partial charge is 0.177 e. The third kappa shape index (κ3) is 2.86. The number of fused-ring (bicyclic) bond motifs is 1. The molecule has 0 saturated carbocycles. The predicted octanol–water partition coefficient (Wildman–Crippen LogP) is 4.80. The number of nitrogens with zero attached hydrogens (tertiary/aromatic N) is 3. The Hall–Kier alpha value is -1.44. The molecule has 2 aliphatic heterocycles. The summed E-state index contributed by atoms with van der Waals surface area (Å²) in [4.78, 5) is 11.8. The Morgan fingerprint density at radius 2 is 2.23 bits per heavy atom. The molecule has 3 atom stereocenters. The lowest BCUT2D eigenvalue weighted by Crippen LogP contribution is -2.29. The van der Waals surface area contributed by atoms with Crippen LogP contribution in [0.1, 0.15) is 30.3 Å². The van der Waals surface area contributed by atoms with Gasteiger partial charge in [-0.25, -0.2) is 0 Å². The fourth-order valence-electron chi connectivity index (χ4n) is 3.44. The van der Waals surface area contributed by atoms with Crippen molar-refractivity contribution in [3.63, 3.8) is 0 Å². The third-order valence-corrected chi connectivity index (χ3v) is 7.15. The molecular formula is C18H17BrClN3O2S. The molecule has 0 spiro atoms. The van der Waals surface area contributed by atoms with E-state index < -0.39 is 0 Å². The number of aromatic hydroxyl groups is 1. The summed E-state index contributed by atoms with van der Waals surface area (Å²) in [5.74, 6) is 0.281. The van der Waals surface area contributed by atoms with Crippen molar-refractivity contribution < 1.29 is 9.84 Å². The molecule has 1 fully saturated rings. The molecule has 0 amide bonds. The Balaban J connectivity index is 1.86. The second-order valence-corrected chi connectivity index (χ2v) is 8.86. The van der Waals surface area contributed by atoms with Crippen LogP contribution in [0.4, 0.5) is 0 Å². The Labute approximate surface area is 169 Å². The highest BCUT2D eigenvalue weighted by Crippen LogP contribution is 2.52. The van der Waals surface area contributed by atoms with Crippen molar-refractivity contribution >= 4 is 44.5 Å². The van der Waals surface area contributed by atoms with E-state index in [0.29, 0.717) is 15.5 Å². The zero-order valence-electron chi connectivity index (χ0n) is 14.2. The van der Waals surface area contributed by atoms with Crippen LogP contribution in [0.2, 0.25) is 5.02 Å². The van der Waals surface area contributed by atoms with Crippen molar-refractivity contribution in [2.45, 2.75) is 24.3 Å². The summed E-state index contributed by atoms with van der Waals surface area (Å²) in [5.41, 5.74) is 1.83. The number of phenols is 1. The molecule has 1 aromatic heterocycles. The summed E-state index contributed by atoms with van der Waals surface area (Å²) < 4.78 is 5.98. The van der Waals surface area contributed by atoms with Gasteiger partial charge >= 0.3 is 0 Å². The topological polar surface area (TPSA) is 58.0 Å². The molecule has 5 nitrogen and oxygen atoms in total. The summed E-state index contributed by atoms with van der Waals surface area (Å²) in [6.07, 6.45) is 1.78. The number of phenolic OH excluding ortho intramolecular Hbond substituents is 1. The molecule has 2 aliphatic rings. The predicted molar refractivity (Wildman–Crippen MR) is 108 cm³/mol. The monoisotopic (exact) mass is 453 g/mol. The van der Waals surface area contributed by atoms with Gasteiger partial charge in [0, 0.05) is 22.5 Å². The van der Waals surface area contributed by atoms with Gasteiger partial charge in [0.15, 0.2) is 16.7 Å². The average Bonchev–Trinajstić information content (AvgIpc) is 3.17. The number of hydrogen-bond acceptors (Lipinski definition) is 6. The number of methoxy groups -OCH3 is 1. The number of aliphatic imine (C=N–C) groups is 1. The fraction of sp³-hybridized carbons (Fsp3) is 0.333. The van der Waals surface area contributed by atoms with Crippen LogP contribution in [-0.4, -0.2) is 39.1 Å². The van der Waals surface area contributed by atoms with E-state index in [4.69, 9.17) is 21.3 Å². The molecule has 0 bridgehead atoms. The molecule has 0 aliphatic carbocycles. The van der Waals surface area contributed by atoms with Crippen LogP contribution in [0, 0.1) is 0 Å². The first-order valence-corrected chi connectivity index (χ1v) is 10.2. The molecule has 26 heavy (non-hydrogen) atoms. The first-order chi connectivity index (χ1) is 12.5. The van der Waals surface area contributed by atoms with E-state index in [-0.39, 0.29) is 22.9 Å². The fourth-order valence-corrected chi connectivity index (χ4v) is 5.27. The maximum absolute atomic E-state index is 10.2. The van der Waals surface area contributed by atoms with Crippen molar-refractivity contribution in [3.05, 3.63) is 51.2 Å². The SMILES string of the molecule is COc1cc([C@@H]2[C@@H](c3ccccn3)N=C3S[C@@H](C)CN32)c(Br)c(Cl)c1O. The quantitative estimate of drug-likeness (QED) is 0.722. The Kier molecular flexibility index (Phi) is 4.79. The van der Waals surface area contributed by atoms with Crippen molar-refractivity contribution in [2.24, 2.45) is 4.99 Å². The first-order valence-electron chi connectivity index (χ1n) is 8.18. The van der Waals surface area contributed by atoms with Crippen LogP contribution in [0.5, 0.6) is 11.5 Å². The maximum atomic E-state index is 10.2. The van der Waals surface area contributed by atoms with Gasteiger partial charge in [0.05, 0.1) is 18.8 Å². The minimum Gasteiger partial charge on any atom is -0.503 e. The van der Waals surface area contributed by atoms with Crippen LogP contribution in [0.3, 0.4) is 0 Å². The average molecular weight is 455 g/mol. The number of ether oxygens (including phenoxy) is 1. The summed E-state index contributed by atoms with van der Waals surface area (Å²) in [5, 5.41) is 11.9. The molecule has 0 unspecified atom stereocenters. The van der Waals surface area contributed by atoms with Gasteiger partial charge in [0.2, 0.25) is 0 Å². The second kappa shape index (κ2) is 6.94. The molecule has 0 radical (unpaired) electrons. The summed E-state index contributed by atoms with van der Waals surface area (Å²) >= 11 is 11.7. The zero-order valence-corrected chi connectivity index (χ0v) is 17.3. The number of rotatable bonds is 3. The van der Waals surface area contributed by atoms with Crippen molar-refractivity contribution in [1.29, 1.82) is 0 Å². The molecule has 3 heterocycles. The number of amidine groups is 1. The molecular weight excluding hydrogens is 438 g/mol.